The second kappa shape index (κ2) is 4.04. The molecule has 0 aromatic heterocycles. The number of allylic oxidation sites excluding steroid dienone is 1. The molecular formula is C14H20O2S. The van der Waals surface area contributed by atoms with Crippen molar-refractivity contribution >= 4 is 17.7 Å². The van der Waals surface area contributed by atoms with E-state index in [1.165, 1.54) is 38.5 Å². The average Bonchev–Trinajstić information content (AvgIpc) is 2.23. The molecule has 4 fully saturated rings. The molecule has 2 nitrogen and oxygen atoms in total. The summed E-state index contributed by atoms with van der Waals surface area (Å²) in [5, 5.41) is 9.19. The van der Waals surface area contributed by atoms with Gasteiger partial charge >= 0.3 is 5.97 Å². The molecule has 0 aliphatic heterocycles. The van der Waals surface area contributed by atoms with Crippen LogP contribution < -0.4 is 0 Å². The number of aliphatic carboxylic acids is 1. The van der Waals surface area contributed by atoms with Crippen molar-refractivity contribution in [2.24, 2.45) is 17.8 Å². The summed E-state index contributed by atoms with van der Waals surface area (Å²) in [7, 11) is 0. The highest BCUT2D eigenvalue weighted by molar-refractivity contribution is 8.05. The maximum Gasteiger partial charge on any atom is 0.341 e. The molecule has 17 heavy (non-hydrogen) atoms. The summed E-state index contributed by atoms with van der Waals surface area (Å²) in [5.74, 6) is 1.93. The van der Waals surface area contributed by atoms with E-state index in [0.29, 0.717) is 4.91 Å². The average molecular weight is 252 g/mol. The lowest BCUT2D eigenvalue weighted by Gasteiger charge is -2.56. The molecule has 0 aromatic rings. The zero-order valence-electron chi connectivity index (χ0n) is 10.3. The number of rotatable bonds is 3. The molecule has 0 aromatic carbocycles. The van der Waals surface area contributed by atoms with Gasteiger partial charge in [-0.2, -0.15) is 0 Å². The molecule has 4 aliphatic rings. The van der Waals surface area contributed by atoms with Crippen LogP contribution in [0.15, 0.2) is 11.0 Å². The molecule has 4 bridgehead atoms. The largest absolute Gasteiger partial charge is 0.477 e. The zero-order valence-corrected chi connectivity index (χ0v) is 11.1. The van der Waals surface area contributed by atoms with Gasteiger partial charge in [-0.05, 0) is 63.2 Å². The highest BCUT2D eigenvalue weighted by Gasteiger charge is 2.51. The molecular weight excluding hydrogens is 232 g/mol. The quantitative estimate of drug-likeness (QED) is 0.779. The number of thioether (sulfide) groups is 1. The van der Waals surface area contributed by atoms with Gasteiger partial charge in [0.25, 0.3) is 0 Å². The van der Waals surface area contributed by atoms with E-state index in [9.17, 15) is 9.90 Å². The molecule has 4 rings (SSSR count). The van der Waals surface area contributed by atoms with Crippen LogP contribution in [-0.2, 0) is 4.79 Å². The van der Waals surface area contributed by atoms with Crippen LogP contribution in [0.5, 0.6) is 0 Å². The first-order valence-electron chi connectivity index (χ1n) is 6.69. The first kappa shape index (κ1) is 11.6. The second-order valence-electron chi connectivity index (χ2n) is 6.16. The number of hydrogen-bond acceptors (Lipinski definition) is 2. The SMILES string of the molecule is C/C=C(\SC12CC3CC(CC(C3)C1)C2)C(=O)O. The van der Waals surface area contributed by atoms with Crippen molar-refractivity contribution in [1.82, 2.24) is 0 Å². The smallest absolute Gasteiger partial charge is 0.341 e. The fourth-order valence-corrected chi connectivity index (χ4v) is 6.24. The van der Waals surface area contributed by atoms with Gasteiger partial charge in [0, 0.05) is 4.75 Å². The molecule has 0 atom stereocenters. The second-order valence-corrected chi connectivity index (χ2v) is 7.67. The molecule has 0 spiro atoms. The lowest BCUT2D eigenvalue weighted by Crippen LogP contribution is -2.48. The van der Waals surface area contributed by atoms with Crippen molar-refractivity contribution in [1.29, 1.82) is 0 Å². The van der Waals surface area contributed by atoms with Crippen LogP contribution in [0.25, 0.3) is 0 Å². The van der Waals surface area contributed by atoms with Crippen LogP contribution >= 0.6 is 11.8 Å². The van der Waals surface area contributed by atoms with Gasteiger partial charge in [-0.1, -0.05) is 6.08 Å². The monoisotopic (exact) mass is 252 g/mol. The zero-order chi connectivity index (χ0) is 12.0. The molecule has 4 aliphatic carbocycles. The van der Waals surface area contributed by atoms with Gasteiger partial charge in [0.1, 0.15) is 0 Å². The Bertz CT molecular complexity index is 337. The van der Waals surface area contributed by atoms with Crippen molar-refractivity contribution < 1.29 is 9.90 Å². The normalized spacial score (nSPS) is 44.1. The first-order valence-corrected chi connectivity index (χ1v) is 7.50. The minimum atomic E-state index is -0.742. The van der Waals surface area contributed by atoms with E-state index >= 15 is 0 Å². The van der Waals surface area contributed by atoms with Crippen LogP contribution in [0.1, 0.15) is 45.4 Å². The predicted molar refractivity (Wildman–Crippen MR) is 69.9 cm³/mol. The van der Waals surface area contributed by atoms with Gasteiger partial charge in [-0.25, -0.2) is 4.79 Å². The third kappa shape index (κ3) is 2.03. The lowest BCUT2D eigenvalue weighted by molar-refractivity contribution is -0.131. The molecule has 4 saturated carbocycles. The minimum Gasteiger partial charge on any atom is -0.477 e. The highest BCUT2D eigenvalue weighted by atomic mass is 32.2. The van der Waals surface area contributed by atoms with E-state index in [4.69, 9.17) is 0 Å². The summed E-state index contributed by atoms with van der Waals surface area (Å²) in [6.07, 6.45) is 9.79. The van der Waals surface area contributed by atoms with Crippen LogP contribution in [0, 0.1) is 17.8 Å². The maximum atomic E-state index is 11.2. The van der Waals surface area contributed by atoms with Crippen molar-refractivity contribution in [2.45, 2.75) is 50.2 Å². The van der Waals surface area contributed by atoms with Gasteiger partial charge in [-0.15, -0.1) is 11.8 Å². The van der Waals surface area contributed by atoms with E-state index in [2.05, 4.69) is 0 Å². The molecule has 94 valence electrons. The fraction of sp³-hybridized carbons (Fsp3) is 0.786. The molecule has 3 heteroatoms. The molecule has 0 unspecified atom stereocenters. The Hall–Kier alpha value is -0.440. The van der Waals surface area contributed by atoms with E-state index in [0.717, 1.165) is 17.8 Å². The van der Waals surface area contributed by atoms with Crippen LogP contribution in [0.4, 0.5) is 0 Å². The van der Waals surface area contributed by atoms with E-state index in [-0.39, 0.29) is 4.75 Å². The summed E-state index contributed by atoms with van der Waals surface area (Å²) in [6.45, 7) is 1.84. The first-order chi connectivity index (χ1) is 8.10. The topological polar surface area (TPSA) is 37.3 Å². The predicted octanol–water partition coefficient (Wildman–Crippen LogP) is 3.68. The third-order valence-electron chi connectivity index (χ3n) is 4.78. The van der Waals surface area contributed by atoms with Crippen LogP contribution in [0.3, 0.4) is 0 Å². The fourth-order valence-electron chi connectivity index (χ4n) is 4.62. The van der Waals surface area contributed by atoms with Crippen molar-refractivity contribution in [3.05, 3.63) is 11.0 Å². The van der Waals surface area contributed by atoms with Gasteiger partial charge in [0.15, 0.2) is 0 Å². The maximum absolute atomic E-state index is 11.2. The standard InChI is InChI=1S/C14H20O2S/c1-2-12(13(15)16)17-14-6-9-3-10(7-14)5-11(4-9)8-14/h2,9-11H,3-8H2,1H3,(H,15,16)/b12-2-. The Balaban J connectivity index is 1.80. The molecule has 0 saturated heterocycles. The van der Waals surface area contributed by atoms with Gasteiger partial charge < -0.3 is 5.11 Å². The summed E-state index contributed by atoms with van der Waals surface area (Å²) >= 11 is 1.67. The highest BCUT2D eigenvalue weighted by Crippen LogP contribution is 2.61. The van der Waals surface area contributed by atoms with Gasteiger partial charge in [-0.3, -0.25) is 0 Å². The Morgan fingerprint density at radius 1 is 1.18 bits per heavy atom. The van der Waals surface area contributed by atoms with E-state index < -0.39 is 5.97 Å². The van der Waals surface area contributed by atoms with Crippen LogP contribution in [-0.4, -0.2) is 15.8 Å². The molecule has 0 amide bonds. The Morgan fingerprint density at radius 3 is 2.00 bits per heavy atom. The summed E-state index contributed by atoms with van der Waals surface area (Å²) in [4.78, 5) is 11.7. The Labute approximate surface area is 107 Å². The summed E-state index contributed by atoms with van der Waals surface area (Å²) in [5.41, 5.74) is 0. The van der Waals surface area contributed by atoms with Crippen LogP contribution in [0.2, 0.25) is 0 Å². The van der Waals surface area contributed by atoms with E-state index in [1.807, 2.05) is 6.92 Å². The number of carbonyl (C=O) groups is 1. The van der Waals surface area contributed by atoms with Crippen molar-refractivity contribution in [3.8, 4) is 0 Å². The van der Waals surface area contributed by atoms with Crippen molar-refractivity contribution in [3.63, 3.8) is 0 Å². The summed E-state index contributed by atoms with van der Waals surface area (Å²) < 4.78 is 0.273. The van der Waals surface area contributed by atoms with Gasteiger partial charge in [0.05, 0.1) is 4.91 Å². The summed E-state index contributed by atoms with van der Waals surface area (Å²) in [6, 6.07) is 0. The van der Waals surface area contributed by atoms with Gasteiger partial charge in [0.2, 0.25) is 0 Å². The van der Waals surface area contributed by atoms with Crippen molar-refractivity contribution in [2.75, 3.05) is 0 Å². The number of hydrogen-bond donors (Lipinski definition) is 1. The Morgan fingerprint density at radius 2 is 1.65 bits per heavy atom. The molecule has 1 N–H and O–H groups in total. The Kier molecular flexibility index (Phi) is 2.77. The molecule has 0 radical (unpaired) electrons. The minimum absolute atomic E-state index is 0.273. The molecule has 0 heterocycles. The third-order valence-corrected chi connectivity index (χ3v) is 6.34. The number of carboxylic acid groups (broad SMARTS) is 1. The van der Waals surface area contributed by atoms with E-state index in [1.54, 1.807) is 17.8 Å². The number of carboxylic acids is 1. The lowest BCUT2D eigenvalue weighted by atomic mass is 9.56.